The lowest BCUT2D eigenvalue weighted by molar-refractivity contribution is 0.509. The third-order valence-electron chi connectivity index (χ3n) is 1.32. The van der Waals surface area contributed by atoms with E-state index in [1.165, 1.54) is 5.56 Å². The Hall–Kier alpha value is -0.410. The number of nitrogens with two attached hydrogens (primary N) is 1. The van der Waals surface area contributed by atoms with E-state index in [1.54, 1.807) is 18.0 Å². The predicted molar refractivity (Wildman–Crippen MR) is 43.8 cm³/mol. The van der Waals surface area contributed by atoms with Gasteiger partial charge in [-0.2, -0.15) is 11.8 Å². The van der Waals surface area contributed by atoms with Gasteiger partial charge in [0.05, 0.1) is 12.8 Å². The largest absolute Gasteiger partial charge is 0.468 e. The van der Waals surface area contributed by atoms with E-state index in [1.807, 2.05) is 6.07 Å². The first kappa shape index (κ1) is 7.69. The molecule has 0 spiro atoms. The molecule has 0 radical (unpaired) electrons. The summed E-state index contributed by atoms with van der Waals surface area (Å²) >= 11 is 1.77. The topological polar surface area (TPSA) is 39.2 Å². The summed E-state index contributed by atoms with van der Waals surface area (Å²) in [5.74, 6) is 1.90. The summed E-state index contributed by atoms with van der Waals surface area (Å²) in [5.41, 5.74) is 6.64. The van der Waals surface area contributed by atoms with Gasteiger partial charge in [0.1, 0.15) is 5.76 Å². The zero-order valence-corrected chi connectivity index (χ0v) is 6.78. The van der Waals surface area contributed by atoms with Crippen LogP contribution in [0.1, 0.15) is 11.3 Å². The fourth-order valence-corrected chi connectivity index (χ4v) is 1.40. The Kier molecular flexibility index (Phi) is 2.83. The maximum absolute atomic E-state index is 5.42. The van der Waals surface area contributed by atoms with Crippen molar-refractivity contribution < 1.29 is 4.42 Å². The second-order valence-corrected chi connectivity index (χ2v) is 2.87. The Morgan fingerprint density at radius 2 is 2.50 bits per heavy atom. The lowest BCUT2D eigenvalue weighted by atomic mass is 10.3. The Labute approximate surface area is 64.8 Å². The van der Waals surface area contributed by atoms with Gasteiger partial charge in [0.25, 0.3) is 0 Å². The third kappa shape index (κ3) is 1.55. The summed E-state index contributed by atoms with van der Waals surface area (Å²) in [7, 11) is 0. The summed E-state index contributed by atoms with van der Waals surface area (Å²) in [6.45, 7) is 0.503. The van der Waals surface area contributed by atoms with Gasteiger partial charge in [0.2, 0.25) is 0 Å². The predicted octanol–water partition coefficient (Wildman–Crippen LogP) is 1.60. The van der Waals surface area contributed by atoms with E-state index in [0.29, 0.717) is 6.54 Å². The van der Waals surface area contributed by atoms with E-state index in [9.17, 15) is 0 Å². The minimum atomic E-state index is 0.503. The lowest BCUT2D eigenvalue weighted by Crippen LogP contribution is -1.96. The molecule has 0 aliphatic carbocycles. The van der Waals surface area contributed by atoms with Crippen LogP contribution in [-0.4, -0.2) is 6.26 Å². The maximum Gasteiger partial charge on any atom is 0.121 e. The number of thioether (sulfide) groups is 1. The van der Waals surface area contributed by atoms with Crippen molar-refractivity contribution in [2.45, 2.75) is 12.3 Å². The van der Waals surface area contributed by atoms with Crippen LogP contribution >= 0.6 is 11.8 Å². The van der Waals surface area contributed by atoms with Crippen LogP contribution in [0.3, 0.4) is 0 Å². The molecule has 1 aromatic heterocycles. The molecule has 0 saturated heterocycles. The van der Waals surface area contributed by atoms with Gasteiger partial charge in [-0.05, 0) is 12.3 Å². The van der Waals surface area contributed by atoms with E-state index in [2.05, 4.69) is 6.26 Å². The number of rotatable bonds is 3. The standard InChI is InChI=1S/C7H11NOS/c1-10-5-6-2-3-9-7(6)4-8/h2-3H,4-5,8H2,1H3. The highest BCUT2D eigenvalue weighted by Gasteiger charge is 2.01. The highest BCUT2D eigenvalue weighted by Crippen LogP contribution is 2.14. The number of furan rings is 1. The van der Waals surface area contributed by atoms with Gasteiger partial charge in [-0.3, -0.25) is 0 Å². The van der Waals surface area contributed by atoms with Gasteiger partial charge < -0.3 is 10.2 Å². The van der Waals surface area contributed by atoms with Gasteiger partial charge in [0.15, 0.2) is 0 Å². The van der Waals surface area contributed by atoms with Crippen LogP contribution in [0, 0.1) is 0 Å². The minimum absolute atomic E-state index is 0.503. The zero-order chi connectivity index (χ0) is 7.40. The fourth-order valence-electron chi connectivity index (χ4n) is 0.830. The van der Waals surface area contributed by atoms with Crippen LogP contribution in [0.4, 0.5) is 0 Å². The van der Waals surface area contributed by atoms with Gasteiger partial charge in [0, 0.05) is 11.3 Å². The molecule has 0 aliphatic rings. The molecule has 3 heteroatoms. The van der Waals surface area contributed by atoms with E-state index in [0.717, 1.165) is 11.5 Å². The molecule has 0 amide bonds. The monoisotopic (exact) mass is 157 g/mol. The third-order valence-corrected chi connectivity index (χ3v) is 1.92. The molecule has 1 aromatic rings. The molecule has 2 N–H and O–H groups in total. The summed E-state index contributed by atoms with van der Waals surface area (Å²) in [6.07, 6.45) is 3.75. The van der Waals surface area contributed by atoms with Gasteiger partial charge in [-0.1, -0.05) is 0 Å². The molecule has 0 aromatic carbocycles. The van der Waals surface area contributed by atoms with Crippen molar-refractivity contribution in [2.24, 2.45) is 5.73 Å². The highest BCUT2D eigenvalue weighted by molar-refractivity contribution is 7.97. The number of hydrogen-bond acceptors (Lipinski definition) is 3. The fraction of sp³-hybridized carbons (Fsp3) is 0.429. The van der Waals surface area contributed by atoms with Crippen molar-refractivity contribution in [2.75, 3.05) is 6.26 Å². The van der Waals surface area contributed by atoms with Crippen molar-refractivity contribution in [3.8, 4) is 0 Å². The second kappa shape index (κ2) is 3.68. The molecular formula is C7H11NOS. The van der Waals surface area contributed by atoms with E-state index < -0.39 is 0 Å². The molecule has 0 saturated carbocycles. The maximum atomic E-state index is 5.42. The van der Waals surface area contributed by atoms with E-state index >= 15 is 0 Å². The molecule has 0 fully saturated rings. The summed E-state index contributed by atoms with van der Waals surface area (Å²) in [6, 6.07) is 1.97. The van der Waals surface area contributed by atoms with Crippen molar-refractivity contribution in [1.82, 2.24) is 0 Å². The average molecular weight is 157 g/mol. The molecule has 0 unspecified atom stereocenters. The van der Waals surface area contributed by atoms with Gasteiger partial charge >= 0.3 is 0 Å². The van der Waals surface area contributed by atoms with Crippen molar-refractivity contribution in [1.29, 1.82) is 0 Å². The molecule has 0 bridgehead atoms. The van der Waals surface area contributed by atoms with Crippen LogP contribution in [-0.2, 0) is 12.3 Å². The Balaban J connectivity index is 2.70. The molecule has 1 heterocycles. The minimum Gasteiger partial charge on any atom is -0.468 e. The summed E-state index contributed by atoms with van der Waals surface area (Å²) in [4.78, 5) is 0. The first-order valence-corrected chi connectivity index (χ1v) is 4.52. The first-order valence-electron chi connectivity index (χ1n) is 3.12. The highest BCUT2D eigenvalue weighted by atomic mass is 32.2. The molecule has 2 nitrogen and oxygen atoms in total. The SMILES string of the molecule is CSCc1ccoc1CN. The zero-order valence-electron chi connectivity index (χ0n) is 5.96. The summed E-state index contributed by atoms with van der Waals surface area (Å²) < 4.78 is 5.13. The van der Waals surface area contributed by atoms with Crippen molar-refractivity contribution in [3.05, 3.63) is 23.7 Å². The van der Waals surface area contributed by atoms with Crippen molar-refractivity contribution >= 4 is 11.8 Å². The molecule has 1 rings (SSSR count). The van der Waals surface area contributed by atoms with Crippen LogP contribution < -0.4 is 5.73 Å². The number of hydrogen-bond donors (Lipinski definition) is 1. The average Bonchev–Trinajstić information content (AvgIpc) is 2.36. The van der Waals surface area contributed by atoms with Crippen LogP contribution in [0.15, 0.2) is 16.7 Å². The second-order valence-electron chi connectivity index (χ2n) is 2.01. The quantitative estimate of drug-likeness (QED) is 0.724. The molecular weight excluding hydrogens is 146 g/mol. The Bertz CT molecular complexity index is 197. The van der Waals surface area contributed by atoms with Crippen LogP contribution in [0.2, 0.25) is 0 Å². The van der Waals surface area contributed by atoms with Gasteiger partial charge in [-0.15, -0.1) is 0 Å². The van der Waals surface area contributed by atoms with E-state index in [4.69, 9.17) is 10.2 Å². The normalized spacial score (nSPS) is 10.2. The van der Waals surface area contributed by atoms with Crippen LogP contribution in [0.5, 0.6) is 0 Å². The smallest absolute Gasteiger partial charge is 0.121 e. The Morgan fingerprint density at radius 1 is 1.70 bits per heavy atom. The van der Waals surface area contributed by atoms with Crippen molar-refractivity contribution in [3.63, 3.8) is 0 Å². The molecule has 0 aliphatic heterocycles. The van der Waals surface area contributed by atoms with Gasteiger partial charge in [-0.25, -0.2) is 0 Å². The lowest BCUT2D eigenvalue weighted by Gasteiger charge is -1.94. The molecule has 56 valence electrons. The first-order chi connectivity index (χ1) is 4.88. The summed E-state index contributed by atoms with van der Waals surface area (Å²) in [5, 5.41) is 0. The van der Waals surface area contributed by atoms with E-state index in [-0.39, 0.29) is 0 Å². The molecule has 0 atom stereocenters. The van der Waals surface area contributed by atoms with Crippen LogP contribution in [0.25, 0.3) is 0 Å². The Morgan fingerprint density at radius 3 is 3.10 bits per heavy atom. The molecule has 10 heavy (non-hydrogen) atoms.